The maximum atomic E-state index is 11.0. The van der Waals surface area contributed by atoms with E-state index in [-0.39, 0.29) is 5.60 Å². The van der Waals surface area contributed by atoms with Crippen molar-refractivity contribution in [3.8, 4) is 0 Å². The first-order chi connectivity index (χ1) is 5.87. The van der Waals surface area contributed by atoms with Gasteiger partial charge in [0.2, 0.25) is 0 Å². The molecule has 1 saturated heterocycles. The quantitative estimate of drug-likeness (QED) is 0.589. The van der Waals surface area contributed by atoms with Crippen LogP contribution in [0.4, 0.5) is 0 Å². The van der Waals surface area contributed by atoms with Crippen molar-refractivity contribution in [2.24, 2.45) is 5.92 Å². The van der Waals surface area contributed by atoms with Crippen molar-refractivity contribution < 1.29 is 9.53 Å². The molecule has 1 heterocycles. The lowest BCUT2D eigenvalue weighted by Gasteiger charge is -2.43. The summed E-state index contributed by atoms with van der Waals surface area (Å²) in [6, 6.07) is 0. The molecule has 1 saturated carbocycles. The molecule has 0 radical (unpaired) electrons. The van der Waals surface area contributed by atoms with Gasteiger partial charge in [-0.15, -0.1) is 0 Å². The van der Waals surface area contributed by atoms with Gasteiger partial charge in [0.25, 0.3) is 0 Å². The Kier molecular flexibility index (Phi) is 2.18. The largest absolute Gasteiger partial charge is 0.367 e. The average molecular weight is 168 g/mol. The van der Waals surface area contributed by atoms with Crippen LogP contribution in [0.3, 0.4) is 0 Å². The molecule has 2 aliphatic rings. The van der Waals surface area contributed by atoms with Crippen molar-refractivity contribution >= 4 is 6.29 Å². The highest BCUT2D eigenvalue weighted by molar-refractivity contribution is 5.63. The zero-order valence-corrected chi connectivity index (χ0v) is 7.42. The van der Waals surface area contributed by atoms with Gasteiger partial charge in [-0.1, -0.05) is 6.42 Å². The first-order valence-corrected chi connectivity index (χ1v) is 4.98. The standard InChI is InChI=1S/C10H16O2/c11-8-10(9-4-3-5-9)6-1-2-7-12-10/h8-9H,1-7H2. The van der Waals surface area contributed by atoms with E-state index >= 15 is 0 Å². The van der Waals surface area contributed by atoms with E-state index in [9.17, 15) is 4.79 Å². The lowest BCUT2D eigenvalue weighted by atomic mass is 9.70. The fraction of sp³-hybridized carbons (Fsp3) is 0.900. The van der Waals surface area contributed by atoms with Gasteiger partial charge in [-0.2, -0.15) is 0 Å². The second kappa shape index (κ2) is 3.17. The number of carbonyl (C=O) groups is 1. The van der Waals surface area contributed by atoms with Crippen LogP contribution in [-0.4, -0.2) is 18.5 Å². The van der Waals surface area contributed by atoms with E-state index in [0.29, 0.717) is 5.92 Å². The molecule has 0 aromatic heterocycles. The molecule has 12 heavy (non-hydrogen) atoms. The van der Waals surface area contributed by atoms with Crippen LogP contribution in [0.2, 0.25) is 0 Å². The summed E-state index contributed by atoms with van der Waals surface area (Å²) in [5.74, 6) is 0.537. The molecule has 1 unspecified atom stereocenters. The third kappa shape index (κ3) is 1.18. The molecule has 0 aromatic rings. The molecule has 2 heteroatoms. The Morgan fingerprint density at radius 2 is 2.08 bits per heavy atom. The fourth-order valence-electron chi connectivity index (χ4n) is 2.25. The topological polar surface area (TPSA) is 26.3 Å². The van der Waals surface area contributed by atoms with Crippen molar-refractivity contribution in [3.05, 3.63) is 0 Å². The summed E-state index contributed by atoms with van der Waals surface area (Å²) >= 11 is 0. The predicted octanol–water partition coefficient (Wildman–Crippen LogP) is 1.92. The van der Waals surface area contributed by atoms with Gasteiger partial charge in [0.15, 0.2) is 6.29 Å². The van der Waals surface area contributed by atoms with E-state index in [1.165, 1.54) is 19.3 Å². The van der Waals surface area contributed by atoms with Crippen molar-refractivity contribution in [3.63, 3.8) is 0 Å². The van der Waals surface area contributed by atoms with E-state index in [4.69, 9.17) is 4.74 Å². The number of carbonyl (C=O) groups excluding carboxylic acids is 1. The average Bonchev–Trinajstić information content (AvgIpc) is 2.03. The summed E-state index contributed by atoms with van der Waals surface area (Å²) in [7, 11) is 0. The molecule has 0 aromatic carbocycles. The summed E-state index contributed by atoms with van der Waals surface area (Å²) in [6.45, 7) is 0.787. The Labute approximate surface area is 73.3 Å². The second-order valence-electron chi connectivity index (χ2n) is 4.01. The number of ether oxygens (including phenoxy) is 1. The number of hydrogen-bond acceptors (Lipinski definition) is 2. The van der Waals surface area contributed by atoms with Gasteiger partial charge < -0.3 is 9.53 Å². The van der Waals surface area contributed by atoms with Gasteiger partial charge in [-0.25, -0.2) is 0 Å². The van der Waals surface area contributed by atoms with Crippen molar-refractivity contribution in [2.45, 2.75) is 44.1 Å². The SMILES string of the molecule is O=CC1(C2CCC2)CCCCO1. The lowest BCUT2D eigenvalue weighted by molar-refractivity contribution is -0.155. The zero-order valence-electron chi connectivity index (χ0n) is 7.42. The number of aldehydes is 1. The van der Waals surface area contributed by atoms with Crippen molar-refractivity contribution in [1.82, 2.24) is 0 Å². The minimum atomic E-state index is -0.365. The highest BCUT2D eigenvalue weighted by atomic mass is 16.5. The lowest BCUT2D eigenvalue weighted by Crippen LogP contribution is -2.47. The predicted molar refractivity (Wildman–Crippen MR) is 45.9 cm³/mol. The minimum absolute atomic E-state index is 0.365. The summed E-state index contributed by atoms with van der Waals surface area (Å²) < 4.78 is 5.65. The molecule has 1 aliphatic carbocycles. The van der Waals surface area contributed by atoms with Gasteiger partial charge in [0.05, 0.1) is 0 Å². The number of rotatable bonds is 2. The first kappa shape index (κ1) is 8.24. The Morgan fingerprint density at radius 3 is 2.50 bits per heavy atom. The molecular formula is C10H16O2. The number of hydrogen-bond donors (Lipinski definition) is 0. The third-order valence-electron chi connectivity index (χ3n) is 3.33. The van der Waals surface area contributed by atoms with Gasteiger partial charge in [-0.3, -0.25) is 0 Å². The van der Waals surface area contributed by atoms with Crippen molar-refractivity contribution in [1.29, 1.82) is 0 Å². The maximum absolute atomic E-state index is 11.0. The highest BCUT2D eigenvalue weighted by Crippen LogP contribution is 2.41. The van der Waals surface area contributed by atoms with Crippen LogP contribution >= 0.6 is 0 Å². The molecule has 0 amide bonds. The molecule has 68 valence electrons. The Morgan fingerprint density at radius 1 is 1.25 bits per heavy atom. The van der Waals surface area contributed by atoms with E-state index in [1.807, 2.05) is 0 Å². The van der Waals surface area contributed by atoms with E-state index in [2.05, 4.69) is 0 Å². The van der Waals surface area contributed by atoms with E-state index in [0.717, 1.165) is 32.2 Å². The summed E-state index contributed by atoms with van der Waals surface area (Å²) in [4.78, 5) is 11.0. The van der Waals surface area contributed by atoms with Crippen LogP contribution in [0.15, 0.2) is 0 Å². The second-order valence-corrected chi connectivity index (χ2v) is 4.01. The third-order valence-corrected chi connectivity index (χ3v) is 3.33. The smallest absolute Gasteiger partial charge is 0.152 e. The van der Waals surface area contributed by atoms with Gasteiger partial charge >= 0.3 is 0 Å². The van der Waals surface area contributed by atoms with Crippen LogP contribution in [0.1, 0.15) is 38.5 Å². The molecule has 0 bridgehead atoms. The molecule has 0 N–H and O–H groups in total. The van der Waals surface area contributed by atoms with Crippen LogP contribution in [0.5, 0.6) is 0 Å². The van der Waals surface area contributed by atoms with Gasteiger partial charge in [0.1, 0.15) is 5.60 Å². The molecule has 2 nitrogen and oxygen atoms in total. The molecule has 1 atom stereocenters. The highest BCUT2D eigenvalue weighted by Gasteiger charge is 2.43. The normalized spacial score (nSPS) is 37.3. The zero-order chi connectivity index (χ0) is 8.44. The van der Waals surface area contributed by atoms with Crippen molar-refractivity contribution in [2.75, 3.05) is 6.61 Å². The Balaban J connectivity index is 2.05. The van der Waals surface area contributed by atoms with Crippen LogP contribution < -0.4 is 0 Å². The van der Waals surface area contributed by atoms with Crippen LogP contribution in [-0.2, 0) is 9.53 Å². The molecule has 0 spiro atoms. The maximum Gasteiger partial charge on any atom is 0.152 e. The summed E-state index contributed by atoms with van der Waals surface area (Å²) in [5, 5.41) is 0. The molecule has 1 aliphatic heterocycles. The minimum Gasteiger partial charge on any atom is -0.367 e. The fourth-order valence-corrected chi connectivity index (χ4v) is 2.25. The van der Waals surface area contributed by atoms with Crippen LogP contribution in [0, 0.1) is 5.92 Å². The van der Waals surface area contributed by atoms with E-state index < -0.39 is 0 Å². The monoisotopic (exact) mass is 168 g/mol. The Bertz CT molecular complexity index is 167. The molecule has 2 fully saturated rings. The molecule has 2 rings (SSSR count). The first-order valence-electron chi connectivity index (χ1n) is 4.98. The summed E-state index contributed by atoms with van der Waals surface area (Å²) in [5.41, 5.74) is -0.365. The van der Waals surface area contributed by atoms with Crippen LogP contribution in [0.25, 0.3) is 0 Å². The van der Waals surface area contributed by atoms with Gasteiger partial charge in [0, 0.05) is 6.61 Å². The van der Waals surface area contributed by atoms with Gasteiger partial charge in [-0.05, 0) is 38.0 Å². The summed E-state index contributed by atoms with van der Waals surface area (Å²) in [6.07, 6.45) is 7.98. The van der Waals surface area contributed by atoms with E-state index in [1.54, 1.807) is 0 Å². The molecular weight excluding hydrogens is 152 g/mol. The Hall–Kier alpha value is -0.370.